The molecular weight excluding hydrogens is 398 g/mol. The van der Waals surface area contributed by atoms with Crippen LogP contribution < -0.4 is 10.4 Å². The molecule has 0 radical (unpaired) electrons. The maximum atomic E-state index is 15.0. The number of halogens is 1. The number of nitro groups is 1. The summed E-state index contributed by atoms with van der Waals surface area (Å²) in [6.07, 6.45) is 0. The van der Waals surface area contributed by atoms with Gasteiger partial charge in [-0.05, 0) is 27.9 Å². The smallest absolute Gasteiger partial charge is 0.494 e. The van der Waals surface area contributed by atoms with E-state index in [0.717, 1.165) is 12.1 Å². The van der Waals surface area contributed by atoms with Crippen molar-refractivity contribution in [3.8, 4) is 0 Å². The molecule has 0 saturated carbocycles. The maximum absolute atomic E-state index is 15.0. The molecule has 0 spiro atoms. The zero-order valence-corrected chi connectivity index (χ0v) is 17.3. The van der Waals surface area contributed by atoms with E-state index in [1.54, 1.807) is 4.90 Å². The first kappa shape index (κ1) is 22.0. The zero-order valence-electron chi connectivity index (χ0n) is 17.3. The average molecular weight is 422 g/mol. The number of benzene rings is 1. The van der Waals surface area contributed by atoms with E-state index in [1.807, 2.05) is 20.9 Å². The second-order valence-corrected chi connectivity index (χ2v) is 7.87. The van der Waals surface area contributed by atoms with Crippen LogP contribution in [0.25, 0.3) is 0 Å². The minimum Gasteiger partial charge on any atom is -0.494 e. The zero-order chi connectivity index (χ0) is 22.2. The van der Waals surface area contributed by atoms with Crippen LogP contribution in [0.1, 0.15) is 13.8 Å². The van der Waals surface area contributed by atoms with E-state index >= 15 is 4.39 Å². The van der Waals surface area contributed by atoms with Crippen LogP contribution in [0.5, 0.6) is 0 Å². The molecule has 10 nitrogen and oxygen atoms in total. The molecule has 0 N–H and O–H groups in total. The van der Waals surface area contributed by atoms with Crippen LogP contribution in [-0.4, -0.2) is 86.1 Å². The van der Waals surface area contributed by atoms with Gasteiger partial charge in [-0.25, -0.2) is 4.39 Å². The number of nitro benzene ring substituents is 1. The molecule has 2 heterocycles. The van der Waals surface area contributed by atoms with Crippen molar-refractivity contribution in [2.24, 2.45) is 0 Å². The summed E-state index contributed by atoms with van der Waals surface area (Å²) in [7, 11) is 1.82. The summed E-state index contributed by atoms with van der Waals surface area (Å²) in [5, 5.41) is 11.8. The predicted molar refractivity (Wildman–Crippen MR) is 107 cm³/mol. The Morgan fingerprint density at radius 1 is 1.10 bits per heavy atom. The van der Waals surface area contributed by atoms with Gasteiger partial charge in [-0.2, -0.15) is 0 Å². The number of rotatable bonds is 3. The third-order valence-electron chi connectivity index (χ3n) is 5.52. The molecule has 0 amide bonds. The van der Waals surface area contributed by atoms with Crippen molar-refractivity contribution in [3.63, 3.8) is 0 Å². The van der Waals surface area contributed by atoms with E-state index in [-0.39, 0.29) is 42.0 Å². The number of hydrogen-bond donors (Lipinski definition) is 0. The molecule has 1 aromatic rings. The molecule has 2 saturated heterocycles. The molecule has 0 aromatic heterocycles. The lowest BCUT2D eigenvalue weighted by atomic mass is 9.77. The van der Waals surface area contributed by atoms with E-state index in [4.69, 9.17) is 9.31 Å². The van der Waals surface area contributed by atoms with Gasteiger partial charge in [0.1, 0.15) is 11.5 Å². The Balaban J connectivity index is 1.98. The molecule has 2 aliphatic heterocycles. The Labute approximate surface area is 173 Å². The fourth-order valence-corrected chi connectivity index (χ4v) is 3.71. The minimum absolute atomic E-state index is 0.112. The predicted octanol–water partition coefficient (Wildman–Crippen LogP) is -0.0103. The molecular formula is C18H24BFN4O6. The molecule has 162 valence electrons. The van der Waals surface area contributed by atoms with Crippen LogP contribution in [0.2, 0.25) is 0 Å². The maximum Gasteiger partial charge on any atom is 0.639 e. The lowest BCUT2D eigenvalue weighted by Crippen LogP contribution is -2.55. The second-order valence-electron chi connectivity index (χ2n) is 7.87. The number of hydrogen-bond acceptors (Lipinski definition) is 9. The molecule has 2 fully saturated rings. The lowest BCUT2D eigenvalue weighted by molar-refractivity contribution is -0.384. The van der Waals surface area contributed by atoms with Gasteiger partial charge >= 0.3 is 19.1 Å². The first-order valence-electron chi connectivity index (χ1n) is 9.59. The molecule has 2 atom stereocenters. The van der Waals surface area contributed by atoms with Gasteiger partial charge in [-0.15, -0.1) is 0 Å². The highest BCUT2D eigenvalue weighted by atomic mass is 19.1. The molecule has 1 aromatic carbocycles. The highest BCUT2D eigenvalue weighted by molar-refractivity contribution is 6.64. The van der Waals surface area contributed by atoms with Gasteiger partial charge in [0, 0.05) is 37.3 Å². The van der Waals surface area contributed by atoms with Crippen molar-refractivity contribution < 1.29 is 28.2 Å². The number of nitrogens with zero attached hydrogens (tertiary/aromatic N) is 4. The van der Waals surface area contributed by atoms with E-state index in [1.165, 1.54) is 11.9 Å². The fourth-order valence-electron chi connectivity index (χ4n) is 3.71. The highest BCUT2D eigenvalue weighted by Crippen LogP contribution is 2.31. The van der Waals surface area contributed by atoms with E-state index in [0.29, 0.717) is 13.1 Å². The topological polar surface area (TPSA) is 105 Å². The third-order valence-corrected chi connectivity index (χ3v) is 5.52. The summed E-state index contributed by atoms with van der Waals surface area (Å²) in [6.45, 7) is 4.57. The third kappa shape index (κ3) is 4.54. The summed E-state index contributed by atoms with van der Waals surface area (Å²) in [5.41, 5.74) is -0.579. The monoisotopic (exact) mass is 422 g/mol. The summed E-state index contributed by atoms with van der Waals surface area (Å²) in [5.74, 6) is -2.32. The van der Waals surface area contributed by atoms with Gasteiger partial charge in [0.15, 0.2) is 0 Å². The van der Waals surface area contributed by atoms with E-state index in [9.17, 15) is 19.7 Å². The van der Waals surface area contributed by atoms with Crippen LogP contribution in [-0.2, 0) is 18.9 Å². The molecule has 0 aliphatic carbocycles. The quantitative estimate of drug-likeness (QED) is 0.378. The number of anilines is 1. The average Bonchev–Trinajstić information content (AvgIpc) is 2.63. The second kappa shape index (κ2) is 8.56. The van der Waals surface area contributed by atoms with Gasteiger partial charge in [-0.3, -0.25) is 29.5 Å². The molecule has 0 bridgehead atoms. The summed E-state index contributed by atoms with van der Waals surface area (Å²) >= 11 is 0. The Morgan fingerprint density at radius 2 is 1.63 bits per heavy atom. The first-order valence-corrected chi connectivity index (χ1v) is 9.59. The molecule has 3 rings (SSSR count). The van der Waals surface area contributed by atoms with Crippen LogP contribution in [0.15, 0.2) is 12.1 Å². The Bertz CT molecular complexity index is 839. The van der Waals surface area contributed by atoms with Crippen LogP contribution >= 0.6 is 0 Å². The summed E-state index contributed by atoms with van der Waals surface area (Å²) in [6, 6.07) is 2.25. The van der Waals surface area contributed by atoms with Crippen LogP contribution in [0.3, 0.4) is 0 Å². The van der Waals surface area contributed by atoms with Gasteiger partial charge in [0.2, 0.25) is 0 Å². The number of likely N-dealkylation sites (N-methyl/N-ethyl adjacent to an activating group) is 2. The Hall–Kier alpha value is -2.73. The standard InChI is InChI=1S/C18H24BFN4O6/c1-11-7-23(8-12(2)22(11)4)15-6-14(20)13(5-16(15)24(27)28)19-29-17(25)9-21(3)10-18(26)30-19/h5-6,11-12H,7-10H2,1-4H3. The number of carbonyl (C=O) groups is 2. The Morgan fingerprint density at radius 3 is 2.13 bits per heavy atom. The van der Waals surface area contributed by atoms with E-state index in [2.05, 4.69) is 4.90 Å². The van der Waals surface area contributed by atoms with Crippen molar-refractivity contribution in [2.75, 3.05) is 45.2 Å². The largest absolute Gasteiger partial charge is 0.639 e. The van der Waals surface area contributed by atoms with Gasteiger partial charge in [0.25, 0.3) is 5.69 Å². The lowest BCUT2D eigenvalue weighted by Gasteiger charge is -2.43. The van der Waals surface area contributed by atoms with Crippen LogP contribution in [0, 0.1) is 15.9 Å². The first-order chi connectivity index (χ1) is 14.1. The SMILES string of the molecule is CC1CN(c2cc(F)c(B3OC(=O)CN(C)CC(=O)O3)cc2[N+](=O)[O-])CC(C)N1C. The molecule has 2 aliphatic rings. The van der Waals surface area contributed by atoms with Gasteiger partial charge in [0.05, 0.1) is 23.5 Å². The van der Waals surface area contributed by atoms with Crippen molar-refractivity contribution >= 4 is 35.9 Å². The Kier molecular flexibility index (Phi) is 6.27. The van der Waals surface area contributed by atoms with Gasteiger partial charge < -0.3 is 14.2 Å². The number of piperazine rings is 1. The van der Waals surface area contributed by atoms with Crippen molar-refractivity contribution in [3.05, 3.63) is 28.1 Å². The summed E-state index contributed by atoms with van der Waals surface area (Å²) < 4.78 is 25.1. The molecule has 12 heteroatoms. The minimum atomic E-state index is -1.68. The molecule has 2 unspecified atom stereocenters. The van der Waals surface area contributed by atoms with Crippen molar-refractivity contribution in [1.29, 1.82) is 0 Å². The normalized spacial score (nSPS) is 24.2. The van der Waals surface area contributed by atoms with E-state index < -0.39 is 29.8 Å². The fraction of sp³-hybridized carbons (Fsp3) is 0.556. The molecule has 30 heavy (non-hydrogen) atoms. The van der Waals surface area contributed by atoms with Crippen molar-refractivity contribution in [2.45, 2.75) is 25.9 Å². The van der Waals surface area contributed by atoms with Crippen molar-refractivity contribution in [1.82, 2.24) is 9.80 Å². The van der Waals surface area contributed by atoms with Gasteiger partial charge in [-0.1, -0.05) is 0 Å². The van der Waals surface area contributed by atoms with Crippen LogP contribution in [0.4, 0.5) is 15.8 Å². The number of carbonyl (C=O) groups excluding carboxylic acids is 2. The summed E-state index contributed by atoms with van der Waals surface area (Å²) in [4.78, 5) is 40.4. The highest BCUT2D eigenvalue weighted by Gasteiger charge is 2.39.